The highest BCUT2D eigenvalue weighted by Crippen LogP contribution is 2.37. The first-order valence-corrected chi connectivity index (χ1v) is 7.66. The second-order valence-corrected chi connectivity index (χ2v) is 9.81. The van der Waals surface area contributed by atoms with Gasteiger partial charge in [0.25, 0.3) is 0 Å². The van der Waals surface area contributed by atoms with Gasteiger partial charge in [-0.25, -0.2) is 0 Å². The van der Waals surface area contributed by atoms with Gasteiger partial charge in [-0.05, 0) is 25.1 Å². The lowest BCUT2D eigenvalue weighted by molar-refractivity contribution is 0.204. The minimum atomic E-state index is -1.66. The largest absolute Gasteiger partial charge is 0.413 e. The Morgan fingerprint density at radius 2 is 1.85 bits per heavy atom. The molecule has 0 rings (SSSR count). The summed E-state index contributed by atoms with van der Waals surface area (Å²) in [5.41, 5.74) is 0. The van der Waals surface area contributed by atoms with E-state index in [2.05, 4.69) is 39.9 Å². The number of nitriles is 1. The Morgan fingerprint density at radius 3 is 2.15 bits per heavy atom. The van der Waals surface area contributed by atoms with Crippen molar-refractivity contribution in [2.45, 2.75) is 58.4 Å². The Kier molecular flexibility index (Phi) is 4.14. The topological polar surface area (TPSA) is 33.0 Å². The zero-order valence-electron chi connectivity index (χ0n) is 9.64. The first kappa shape index (κ1) is 12.7. The highest BCUT2D eigenvalue weighted by molar-refractivity contribution is 6.74. The third-order valence-electron chi connectivity index (χ3n) is 2.68. The van der Waals surface area contributed by atoms with Crippen LogP contribution in [-0.2, 0) is 4.43 Å². The zero-order valence-corrected chi connectivity index (χ0v) is 10.6. The van der Waals surface area contributed by atoms with Crippen LogP contribution in [0.2, 0.25) is 18.1 Å². The minimum absolute atomic E-state index is 0.0749. The molecule has 0 saturated heterocycles. The molecule has 1 atom stereocenters. The number of nitrogens with zero attached hydrogens (tertiary/aromatic N) is 1. The van der Waals surface area contributed by atoms with Crippen LogP contribution in [0.15, 0.2) is 0 Å². The molecule has 0 saturated carbocycles. The van der Waals surface area contributed by atoms with E-state index in [-0.39, 0.29) is 11.1 Å². The minimum Gasteiger partial charge on any atom is -0.413 e. The van der Waals surface area contributed by atoms with Crippen LogP contribution in [0.5, 0.6) is 0 Å². The van der Waals surface area contributed by atoms with Gasteiger partial charge >= 0.3 is 0 Å². The van der Waals surface area contributed by atoms with Crippen molar-refractivity contribution in [3.8, 4) is 6.07 Å². The highest BCUT2D eigenvalue weighted by Gasteiger charge is 2.38. The van der Waals surface area contributed by atoms with E-state index in [4.69, 9.17) is 9.69 Å². The summed E-state index contributed by atoms with van der Waals surface area (Å²) in [6, 6.07) is 2.14. The molecule has 1 unspecified atom stereocenters. The van der Waals surface area contributed by atoms with Crippen LogP contribution in [0, 0.1) is 11.3 Å². The summed E-state index contributed by atoms with van der Waals surface area (Å²) >= 11 is 0. The van der Waals surface area contributed by atoms with E-state index in [1.165, 1.54) is 0 Å². The second-order valence-electron chi connectivity index (χ2n) is 5.05. The Balaban J connectivity index is 4.27. The van der Waals surface area contributed by atoms with Gasteiger partial charge in [0.05, 0.1) is 18.6 Å². The van der Waals surface area contributed by atoms with Crippen molar-refractivity contribution in [1.82, 2.24) is 0 Å². The molecule has 0 radical (unpaired) electrons. The lowest BCUT2D eigenvalue weighted by Crippen LogP contribution is -2.43. The lowest BCUT2D eigenvalue weighted by Gasteiger charge is -2.38. The van der Waals surface area contributed by atoms with Crippen molar-refractivity contribution < 1.29 is 4.43 Å². The molecule has 76 valence electrons. The molecule has 0 N–H and O–H groups in total. The average molecular weight is 199 g/mol. The second kappa shape index (κ2) is 4.25. The maximum absolute atomic E-state index is 8.52. The molecule has 0 fully saturated rings. The van der Waals surface area contributed by atoms with E-state index >= 15 is 0 Å². The van der Waals surface area contributed by atoms with E-state index in [0.29, 0.717) is 6.42 Å². The van der Waals surface area contributed by atoms with E-state index in [1.54, 1.807) is 0 Å². The molecular formula is C10H21NOSi. The molecule has 13 heavy (non-hydrogen) atoms. The summed E-state index contributed by atoms with van der Waals surface area (Å²) in [7, 11) is -1.66. The molecule has 0 aromatic heterocycles. The molecule has 0 aliphatic rings. The van der Waals surface area contributed by atoms with Crippen molar-refractivity contribution in [3.63, 3.8) is 0 Å². The predicted molar refractivity (Wildman–Crippen MR) is 58.0 cm³/mol. The van der Waals surface area contributed by atoms with Crippen molar-refractivity contribution in [1.29, 1.82) is 5.26 Å². The van der Waals surface area contributed by atoms with Crippen LogP contribution < -0.4 is 0 Å². The van der Waals surface area contributed by atoms with Crippen LogP contribution in [0.1, 0.15) is 34.1 Å². The fourth-order valence-electron chi connectivity index (χ4n) is 0.850. The van der Waals surface area contributed by atoms with Crippen molar-refractivity contribution in [2.24, 2.45) is 0 Å². The highest BCUT2D eigenvalue weighted by atomic mass is 28.4. The number of hydrogen-bond acceptors (Lipinski definition) is 2. The standard InChI is InChI=1S/C10H21NOSi/c1-9(7-8-11)12-13(5,6)10(2,3)4/h9H,7H2,1-6H3. The van der Waals surface area contributed by atoms with Gasteiger partial charge in [-0.1, -0.05) is 20.8 Å². The summed E-state index contributed by atoms with van der Waals surface area (Å²) in [6.45, 7) is 13.0. The Bertz CT molecular complexity index is 200. The Morgan fingerprint density at radius 1 is 1.38 bits per heavy atom. The van der Waals surface area contributed by atoms with Gasteiger partial charge in [-0.3, -0.25) is 0 Å². The third-order valence-corrected chi connectivity index (χ3v) is 7.28. The van der Waals surface area contributed by atoms with E-state index in [1.807, 2.05) is 6.92 Å². The molecule has 0 aliphatic heterocycles. The normalized spacial score (nSPS) is 15.2. The first-order valence-electron chi connectivity index (χ1n) is 4.75. The van der Waals surface area contributed by atoms with Crippen molar-refractivity contribution >= 4 is 8.32 Å². The van der Waals surface area contributed by atoms with Gasteiger partial charge in [0.15, 0.2) is 8.32 Å². The maximum atomic E-state index is 8.52. The Labute approximate surface area is 83.0 Å². The van der Waals surface area contributed by atoms with Crippen LogP contribution in [0.4, 0.5) is 0 Å². The summed E-state index contributed by atoms with van der Waals surface area (Å²) in [6.07, 6.45) is 0.567. The number of hydrogen-bond donors (Lipinski definition) is 0. The summed E-state index contributed by atoms with van der Waals surface area (Å²) in [4.78, 5) is 0. The van der Waals surface area contributed by atoms with E-state index in [0.717, 1.165) is 0 Å². The molecule has 2 nitrogen and oxygen atoms in total. The monoisotopic (exact) mass is 199 g/mol. The van der Waals surface area contributed by atoms with E-state index in [9.17, 15) is 0 Å². The lowest BCUT2D eigenvalue weighted by atomic mass is 10.2. The zero-order chi connectivity index (χ0) is 10.7. The average Bonchev–Trinajstić information content (AvgIpc) is 1.83. The molecule has 0 spiro atoms. The SMILES string of the molecule is CC(CC#N)O[Si](C)(C)C(C)(C)C. The molecule has 0 aromatic rings. The maximum Gasteiger partial charge on any atom is 0.192 e. The van der Waals surface area contributed by atoms with Gasteiger partial charge in [0.2, 0.25) is 0 Å². The third kappa shape index (κ3) is 3.92. The summed E-state index contributed by atoms with van der Waals surface area (Å²) in [5, 5.41) is 8.75. The van der Waals surface area contributed by atoms with Crippen LogP contribution >= 0.6 is 0 Å². The summed E-state index contributed by atoms with van der Waals surface area (Å²) < 4.78 is 5.96. The molecular weight excluding hydrogens is 178 g/mol. The molecule has 3 heteroatoms. The molecule has 0 heterocycles. The van der Waals surface area contributed by atoms with Gasteiger partial charge in [-0.15, -0.1) is 0 Å². The fraction of sp³-hybridized carbons (Fsp3) is 0.900. The molecule has 0 bridgehead atoms. The molecule has 0 aromatic carbocycles. The van der Waals surface area contributed by atoms with Gasteiger partial charge in [-0.2, -0.15) is 5.26 Å². The number of rotatable bonds is 3. The summed E-state index contributed by atoms with van der Waals surface area (Å²) in [5.74, 6) is 0. The molecule has 0 amide bonds. The van der Waals surface area contributed by atoms with E-state index < -0.39 is 8.32 Å². The van der Waals surface area contributed by atoms with Crippen LogP contribution in [0.3, 0.4) is 0 Å². The van der Waals surface area contributed by atoms with Crippen molar-refractivity contribution in [3.05, 3.63) is 0 Å². The van der Waals surface area contributed by atoms with Crippen LogP contribution in [-0.4, -0.2) is 14.4 Å². The van der Waals surface area contributed by atoms with Crippen molar-refractivity contribution in [2.75, 3.05) is 0 Å². The molecule has 0 aliphatic carbocycles. The van der Waals surface area contributed by atoms with Crippen LogP contribution in [0.25, 0.3) is 0 Å². The van der Waals surface area contributed by atoms with Gasteiger partial charge in [0.1, 0.15) is 0 Å². The smallest absolute Gasteiger partial charge is 0.192 e. The quantitative estimate of drug-likeness (QED) is 0.653. The predicted octanol–water partition coefficient (Wildman–Crippen LogP) is 3.31. The Hall–Kier alpha value is -0.333. The fourth-order valence-corrected chi connectivity index (χ4v) is 2.29. The first-order chi connectivity index (χ1) is 5.70. The van der Waals surface area contributed by atoms with Gasteiger partial charge in [0, 0.05) is 0 Å². The van der Waals surface area contributed by atoms with Gasteiger partial charge < -0.3 is 4.43 Å².